The predicted octanol–water partition coefficient (Wildman–Crippen LogP) is 5.60. The molecule has 2 aromatic carbocycles. The Bertz CT molecular complexity index is 580. The fourth-order valence-corrected chi connectivity index (χ4v) is 3.34. The van der Waals surface area contributed by atoms with E-state index < -0.39 is 0 Å². The number of aryl methyl sites for hydroxylation is 1. The van der Waals surface area contributed by atoms with Crippen LogP contribution < -0.4 is 5.32 Å². The molecule has 0 aliphatic rings. The molecular weight excluding hydrogens is 393 g/mol. The van der Waals surface area contributed by atoms with Crippen LogP contribution in [0.4, 0.5) is 0 Å². The minimum atomic E-state index is 0.191. The fourth-order valence-electron chi connectivity index (χ4n) is 2.51. The van der Waals surface area contributed by atoms with Gasteiger partial charge in [-0.25, -0.2) is 0 Å². The maximum Gasteiger partial charge on any atom is 0.0587 e. The quantitative estimate of drug-likeness (QED) is 0.608. The second kappa shape index (κ2) is 8.16. The van der Waals surface area contributed by atoms with Gasteiger partial charge in [0.1, 0.15) is 0 Å². The smallest absolute Gasteiger partial charge is 0.0587 e. The molecular formula is C18H21ClIN. The van der Waals surface area contributed by atoms with Crippen LogP contribution in [0.2, 0.25) is 5.02 Å². The van der Waals surface area contributed by atoms with Crippen LogP contribution in [0.25, 0.3) is 0 Å². The average Bonchev–Trinajstić information content (AvgIpc) is 2.49. The summed E-state index contributed by atoms with van der Waals surface area (Å²) in [7, 11) is 0. The standard InChI is InChI=1S/C18H21ClIN/c1-3-5-13-6-8-14(9-7-13)18(21-4-2)16-12-15(19)10-11-17(16)20/h6-12,18,21H,3-5H2,1-2H3. The Morgan fingerprint density at radius 3 is 2.43 bits per heavy atom. The van der Waals surface area contributed by atoms with Crippen molar-refractivity contribution in [3.63, 3.8) is 0 Å². The Kier molecular flexibility index (Phi) is 6.52. The topological polar surface area (TPSA) is 12.0 Å². The predicted molar refractivity (Wildman–Crippen MR) is 100 cm³/mol. The molecule has 1 nitrogen and oxygen atoms in total. The lowest BCUT2D eigenvalue weighted by atomic mass is 9.97. The van der Waals surface area contributed by atoms with Crippen molar-refractivity contribution in [1.29, 1.82) is 0 Å². The van der Waals surface area contributed by atoms with Crippen molar-refractivity contribution < 1.29 is 0 Å². The second-order valence-corrected chi connectivity index (χ2v) is 6.75. The van der Waals surface area contributed by atoms with E-state index in [4.69, 9.17) is 11.6 Å². The van der Waals surface area contributed by atoms with Crippen molar-refractivity contribution in [3.05, 3.63) is 67.7 Å². The molecule has 0 aromatic heterocycles. The zero-order chi connectivity index (χ0) is 15.2. The van der Waals surface area contributed by atoms with Crippen LogP contribution in [0.1, 0.15) is 43.0 Å². The van der Waals surface area contributed by atoms with Gasteiger partial charge in [0, 0.05) is 8.59 Å². The highest BCUT2D eigenvalue weighted by atomic mass is 127. The Morgan fingerprint density at radius 2 is 1.81 bits per heavy atom. The van der Waals surface area contributed by atoms with Crippen LogP contribution in [0.3, 0.4) is 0 Å². The van der Waals surface area contributed by atoms with E-state index in [9.17, 15) is 0 Å². The van der Waals surface area contributed by atoms with Gasteiger partial charge in [-0.05, 0) is 70.4 Å². The van der Waals surface area contributed by atoms with E-state index in [-0.39, 0.29) is 6.04 Å². The number of benzene rings is 2. The molecule has 2 aromatic rings. The first kappa shape index (κ1) is 16.8. The van der Waals surface area contributed by atoms with Gasteiger partial charge in [-0.2, -0.15) is 0 Å². The summed E-state index contributed by atoms with van der Waals surface area (Å²) in [5.74, 6) is 0. The summed E-state index contributed by atoms with van der Waals surface area (Å²) in [4.78, 5) is 0. The van der Waals surface area contributed by atoms with E-state index in [1.807, 2.05) is 6.07 Å². The molecule has 0 spiro atoms. The maximum absolute atomic E-state index is 6.18. The number of rotatable bonds is 6. The molecule has 0 saturated carbocycles. The van der Waals surface area contributed by atoms with Crippen molar-refractivity contribution in [2.24, 2.45) is 0 Å². The van der Waals surface area contributed by atoms with Crippen molar-refractivity contribution >= 4 is 34.2 Å². The molecule has 1 N–H and O–H groups in total. The van der Waals surface area contributed by atoms with Crippen molar-refractivity contribution in [2.45, 2.75) is 32.7 Å². The largest absolute Gasteiger partial charge is 0.306 e. The van der Waals surface area contributed by atoms with Gasteiger partial charge in [0.2, 0.25) is 0 Å². The molecule has 0 radical (unpaired) electrons. The van der Waals surface area contributed by atoms with Crippen LogP contribution >= 0.6 is 34.2 Å². The summed E-state index contributed by atoms with van der Waals surface area (Å²) < 4.78 is 1.24. The molecule has 0 fully saturated rings. The highest BCUT2D eigenvalue weighted by Gasteiger charge is 2.16. The second-order valence-electron chi connectivity index (χ2n) is 5.15. The Morgan fingerprint density at radius 1 is 1.10 bits per heavy atom. The molecule has 1 atom stereocenters. The lowest BCUT2D eigenvalue weighted by Crippen LogP contribution is -2.22. The monoisotopic (exact) mass is 413 g/mol. The summed E-state index contributed by atoms with van der Waals surface area (Å²) in [6.45, 7) is 5.27. The number of hydrogen-bond acceptors (Lipinski definition) is 1. The Labute approximate surface area is 146 Å². The number of nitrogens with one attached hydrogen (secondary N) is 1. The molecule has 2 rings (SSSR count). The van der Waals surface area contributed by atoms with Crippen LogP contribution in [0, 0.1) is 3.57 Å². The van der Waals surface area contributed by atoms with Gasteiger partial charge in [-0.1, -0.05) is 56.1 Å². The van der Waals surface area contributed by atoms with Gasteiger partial charge in [0.25, 0.3) is 0 Å². The summed E-state index contributed by atoms with van der Waals surface area (Å²) in [6, 6.07) is 15.2. The van der Waals surface area contributed by atoms with Crippen molar-refractivity contribution in [2.75, 3.05) is 6.54 Å². The zero-order valence-corrected chi connectivity index (χ0v) is 15.4. The van der Waals surface area contributed by atoms with Gasteiger partial charge >= 0.3 is 0 Å². The third-order valence-electron chi connectivity index (χ3n) is 3.53. The lowest BCUT2D eigenvalue weighted by molar-refractivity contribution is 0.628. The fraction of sp³-hybridized carbons (Fsp3) is 0.333. The molecule has 0 aliphatic heterocycles. The van der Waals surface area contributed by atoms with Gasteiger partial charge in [-0.3, -0.25) is 0 Å². The Hall–Kier alpha value is -0.580. The van der Waals surface area contributed by atoms with E-state index in [1.54, 1.807) is 0 Å². The van der Waals surface area contributed by atoms with E-state index in [0.717, 1.165) is 18.0 Å². The molecule has 0 saturated heterocycles. The van der Waals surface area contributed by atoms with Crippen molar-refractivity contribution in [1.82, 2.24) is 5.32 Å². The number of halogens is 2. The molecule has 0 amide bonds. The first-order valence-corrected chi connectivity index (χ1v) is 8.88. The first-order valence-electron chi connectivity index (χ1n) is 7.42. The lowest BCUT2D eigenvalue weighted by Gasteiger charge is -2.21. The zero-order valence-electron chi connectivity index (χ0n) is 12.5. The molecule has 0 aliphatic carbocycles. The van der Waals surface area contributed by atoms with E-state index in [2.05, 4.69) is 78.2 Å². The highest BCUT2D eigenvalue weighted by Crippen LogP contribution is 2.29. The van der Waals surface area contributed by atoms with Crippen LogP contribution in [0.5, 0.6) is 0 Å². The Balaban J connectivity index is 2.35. The van der Waals surface area contributed by atoms with Gasteiger partial charge in [0.05, 0.1) is 6.04 Å². The SMILES string of the molecule is CCCc1ccc(C(NCC)c2cc(Cl)ccc2I)cc1. The summed E-state index contributed by atoms with van der Waals surface area (Å²) in [6.07, 6.45) is 2.32. The third-order valence-corrected chi connectivity index (χ3v) is 4.75. The average molecular weight is 414 g/mol. The third kappa shape index (κ3) is 4.44. The number of hydrogen-bond donors (Lipinski definition) is 1. The molecule has 1 unspecified atom stereocenters. The molecule has 21 heavy (non-hydrogen) atoms. The van der Waals surface area contributed by atoms with Crippen LogP contribution in [0.15, 0.2) is 42.5 Å². The molecule has 112 valence electrons. The summed E-state index contributed by atoms with van der Waals surface area (Å²) in [5.41, 5.74) is 3.93. The van der Waals surface area contributed by atoms with Crippen molar-refractivity contribution in [3.8, 4) is 0 Å². The van der Waals surface area contributed by atoms with Crippen LogP contribution in [-0.2, 0) is 6.42 Å². The van der Waals surface area contributed by atoms with Gasteiger partial charge < -0.3 is 5.32 Å². The van der Waals surface area contributed by atoms with Crippen LogP contribution in [-0.4, -0.2) is 6.54 Å². The first-order chi connectivity index (χ1) is 10.2. The minimum absolute atomic E-state index is 0.191. The molecule has 3 heteroatoms. The highest BCUT2D eigenvalue weighted by molar-refractivity contribution is 14.1. The van der Waals surface area contributed by atoms with E-state index in [0.29, 0.717) is 0 Å². The maximum atomic E-state index is 6.18. The normalized spacial score (nSPS) is 12.4. The summed E-state index contributed by atoms with van der Waals surface area (Å²) in [5, 5.41) is 4.36. The molecule has 0 heterocycles. The van der Waals surface area contributed by atoms with Gasteiger partial charge in [0.15, 0.2) is 0 Å². The van der Waals surface area contributed by atoms with E-state index in [1.165, 1.54) is 26.7 Å². The minimum Gasteiger partial charge on any atom is -0.306 e. The summed E-state index contributed by atoms with van der Waals surface area (Å²) >= 11 is 8.56. The van der Waals surface area contributed by atoms with Gasteiger partial charge in [-0.15, -0.1) is 0 Å². The van der Waals surface area contributed by atoms with E-state index >= 15 is 0 Å². The molecule has 0 bridgehead atoms.